The fraction of sp³-hybridized carbons (Fsp3) is 0.632. The Labute approximate surface area is 846 Å². The van der Waals surface area contributed by atoms with E-state index in [0.717, 1.165) is 28.1 Å². The maximum atomic E-state index is 15.8. The molecule has 0 spiro atoms. The van der Waals surface area contributed by atoms with Gasteiger partial charge in [0.05, 0.1) is 137 Å². The van der Waals surface area contributed by atoms with Gasteiger partial charge in [0.1, 0.15) is 158 Å². The molecule has 63 nitrogen and oxygen atoms in total. The number of nitrogen functional groups attached to an aromatic ring is 6. The molecule has 16 heterocycles. The largest absolute Gasteiger partial charge is 0.780 e. The second kappa shape index (κ2) is 47.9. The quantitative estimate of drug-likeness (QED) is 0.0105. The lowest BCUT2D eigenvalue weighted by Crippen LogP contribution is -2.42. The van der Waals surface area contributed by atoms with Gasteiger partial charge in [-0.25, -0.2) is 59.4 Å². The number of fused-ring (bicyclic) bond motifs is 4. The van der Waals surface area contributed by atoms with Crippen molar-refractivity contribution < 1.29 is 159 Å². The number of aromatic nitrogens is 20. The number of rotatable bonds is 52. The van der Waals surface area contributed by atoms with Crippen molar-refractivity contribution in [2.45, 2.75) is 175 Å². The number of aliphatic hydroxyl groups is 1. The molecule has 28 atom stereocenters. The minimum atomic E-state index is -5.73. The van der Waals surface area contributed by atoms with Crippen molar-refractivity contribution in [1.82, 2.24) is 97.2 Å². The molecule has 6 fully saturated rings. The highest BCUT2D eigenvalue weighted by atomic mass is 32.7. The summed E-state index contributed by atoms with van der Waals surface area (Å²) in [5.41, 5.74) is 34.8. The highest BCUT2D eigenvalue weighted by Gasteiger charge is 2.57. The molecule has 16 rings (SSSR count). The first-order chi connectivity index (χ1) is 70.2. The van der Waals surface area contributed by atoms with Crippen LogP contribution >= 0.6 is 35.9 Å². The summed E-state index contributed by atoms with van der Waals surface area (Å²) >= 11 is 17.3. The predicted octanol–water partition coefficient (Wildman–Crippen LogP) is -3.26. The van der Waals surface area contributed by atoms with Crippen LogP contribution in [0, 0.1) is 13.8 Å². The smallest absolute Gasteiger partial charge is 0.351 e. The van der Waals surface area contributed by atoms with Crippen LogP contribution in [0.1, 0.15) is 68.3 Å². The summed E-state index contributed by atoms with van der Waals surface area (Å²) in [5, 5.41) is 11.8. The second-order valence-corrected chi connectivity index (χ2v) is 44.2. The highest BCUT2D eigenvalue weighted by Crippen LogP contribution is 2.57. The Morgan fingerprint density at radius 3 is 1.20 bits per heavy atom. The van der Waals surface area contributed by atoms with E-state index in [0.29, 0.717) is 5.56 Å². The summed E-state index contributed by atoms with van der Waals surface area (Å²) in [6.45, 7) is -17.7. The van der Waals surface area contributed by atoms with Crippen LogP contribution in [-0.4, -0.2) is 341 Å². The average Bonchev–Trinajstić information content (AvgIpc) is 1.59. The summed E-state index contributed by atoms with van der Waals surface area (Å²) < 4.78 is 209. The van der Waals surface area contributed by atoms with E-state index in [1.165, 1.54) is 98.4 Å². The van der Waals surface area contributed by atoms with Gasteiger partial charge in [0, 0.05) is 65.5 Å². The number of aliphatic hydroxyl groups excluding tert-OH is 1. The first-order valence-corrected chi connectivity index (χ1v) is 55.4. The Morgan fingerprint density at radius 1 is 0.408 bits per heavy atom. The Hall–Kier alpha value is -8.34. The van der Waals surface area contributed by atoms with Crippen molar-refractivity contribution in [3.05, 3.63) is 99.1 Å². The minimum Gasteiger partial charge on any atom is -0.780 e. The molecule has 71 heteroatoms. The van der Waals surface area contributed by atoms with E-state index in [-0.39, 0.29) is 158 Å². The number of phosphoric ester groups is 2. The third-order valence-corrected chi connectivity index (χ3v) is 30.5. The van der Waals surface area contributed by atoms with Gasteiger partial charge in [-0.3, -0.25) is 50.9 Å². The Bertz CT molecular complexity index is 6710. The van der Waals surface area contributed by atoms with E-state index < -0.39 is 233 Å². The van der Waals surface area contributed by atoms with Crippen molar-refractivity contribution in [1.29, 1.82) is 0 Å². The summed E-state index contributed by atoms with van der Waals surface area (Å²) in [4.78, 5) is 157. The SMILES string of the molecule is CC[C@H]1O[C@@H](n2cc(C)c(N)nc2=O)[C@@H](OCCOC)C1OP(=O)([O-])OC[C@H]1O[C@@H](n2cc(C)c(N)nc2=O)[C@@H](OCCOC)C1OP([O-])(=S)OC[C@H]1O[C@@H](n2cnc3c(N)ncnc32)[C@@H](OCCOC)C1OP(=O)([S-])OC[C@H]1O[C@@H](n2cnc3c(N)ncnc32)[C@@H](OCCOC)C1OP([O-])(=S)OC[C@H]1O[C@@H](n2cnc3c(=O)[nH]c(N)nc32)CC1OP(=O)([O-])OC[C@H]1O[C@@H](n2cnc3c(N)ncnc32)[C@@H](OCCOC)C1O. The molecule has 10 aromatic heterocycles. The minimum absolute atomic E-state index is 0.0122. The fourth-order valence-corrected chi connectivity index (χ4v) is 23.2. The van der Waals surface area contributed by atoms with Crippen LogP contribution in [0.5, 0.6) is 0 Å². The molecule has 0 aliphatic carbocycles. The lowest BCUT2D eigenvalue weighted by molar-refractivity contribution is -0.238. The molecule has 808 valence electrons. The summed E-state index contributed by atoms with van der Waals surface area (Å²) in [6.07, 6.45) is -25.8. The zero-order valence-electron chi connectivity index (χ0n) is 79.1. The molecular weight excluding hydrogens is 2120 g/mol. The van der Waals surface area contributed by atoms with Gasteiger partial charge >= 0.3 is 11.4 Å². The second-order valence-electron chi connectivity index (χ2n) is 33.4. The Kier molecular flexibility index (Phi) is 36.3. The average molecular weight is 2220 g/mol. The van der Waals surface area contributed by atoms with Crippen LogP contribution in [0.3, 0.4) is 0 Å². The molecule has 14 N–H and O–H groups in total. The third kappa shape index (κ3) is 25.4. The van der Waals surface area contributed by atoms with Crippen LogP contribution in [0.15, 0.2) is 71.1 Å². The van der Waals surface area contributed by atoms with E-state index in [2.05, 4.69) is 69.8 Å². The van der Waals surface area contributed by atoms with E-state index in [4.69, 9.17) is 191 Å². The number of hydrogen-bond acceptors (Lipinski definition) is 59. The fourth-order valence-electron chi connectivity index (χ4n) is 17.0. The first kappa shape index (κ1) is 111. The number of H-pyrrole nitrogens is 1. The standard InChI is InChI=1S/C76H109N26O37P5S3/c1-9-37-50(55(120-16-11-115-5)70(130-37)97-21-35(2)59(77)93-75(97)105)136-141(109,110)125-25-41-51(56(121-17-12-116-6)71(132-41)98-22-36(3)60(78)94-76(98)106)137-143(112,146)127-27-43-53(58(123-19-14-118-8)73(134-43)102-34-91-47-63(81)85-30-88-66(47)102)139-144(113,147)128-26-42-52(57(122-18-13-117-7)72(133-42)101-33-90-46-62(80)84-29-87-65(46)101)138-142(111,145)126-23-39-38(20-44(129-39)99-31-92-48-67(99)95-74(82)96-68(48)104)135-140(107,108)124-24-40-49(103)54(119-15-10-114-4)69(131-40)100-32-89-45-61(79)83-28-86-64(45)100/h21-22,28-34,37-44,49-58,69-73,103H,9-20,23-27H2,1-8H3,(H,107,108)(H,109,110)(H,111,145)(H,112,146)(H,113,147)(H2,77,93,105)(H2,78,94,106)(H2,79,83,86)(H2,80,84,87)(H2,81,85,88)(H3,82,95,96,104)/p-5/t37-,38?,39-,40-,41-,42-,43-,44-,49?,50?,51?,52?,53?,54+,55+,56+,57+,58+,69-,70-,71-,72-,73-,142?,143?,144?/m1/s1. The molecule has 0 saturated carbocycles. The van der Waals surface area contributed by atoms with Gasteiger partial charge in [0.15, 0.2) is 83.5 Å². The maximum absolute atomic E-state index is 15.8. The van der Waals surface area contributed by atoms with Crippen LogP contribution in [0.2, 0.25) is 0 Å². The first-order valence-electron chi connectivity index (χ1n) is 44.8. The third-order valence-electron chi connectivity index (χ3n) is 23.9. The van der Waals surface area contributed by atoms with Gasteiger partial charge in [-0.15, -0.1) is 0 Å². The van der Waals surface area contributed by atoms with Gasteiger partial charge in [0.25, 0.3) is 21.2 Å². The molecule has 10 aromatic rings. The maximum Gasteiger partial charge on any atom is 0.351 e. The molecule has 0 bridgehead atoms. The van der Waals surface area contributed by atoms with Crippen LogP contribution in [-0.2, 0) is 171 Å². The van der Waals surface area contributed by atoms with E-state index >= 15 is 14.4 Å². The predicted molar refractivity (Wildman–Crippen MR) is 502 cm³/mol. The molecule has 6 aliphatic heterocycles. The number of nitrogens with one attached hydrogen (secondary N) is 1. The van der Waals surface area contributed by atoms with Gasteiger partial charge in [0.2, 0.25) is 5.95 Å². The molecular formula is C76H104N26O37P5S3-5. The zero-order chi connectivity index (χ0) is 105. The molecule has 0 amide bonds. The highest BCUT2D eigenvalue weighted by molar-refractivity contribution is 8.32. The van der Waals surface area contributed by atoms with Gasteiger partial charge in [-0.2, -0.15) is 15.0 Å². The number of aryl methyl sites for hydroxylation is 2. The summed E-state index contributed by atoms with van der Waals surface area (Å²) in [6, 6.07) is 0. The molecule has 11 unspecified atom stereocenters. The molecule has 6 saturated heterocycles. The number of hydrogen-bond donors (Lipinski definition) is 8. The number of nitrogens with two attached hydrogens (primary N) is 6. The number of imidazole rings is 4. The number of methoxy groups -OCH3 is 5. The zero-order valence-corrected chi connectivity index (χ0v) is 86.0. The van der Waals surface area contributed by atoms with E-state index in [1.807, 2.05) is 0 Å². The normalized spacial score (nSPS) is 29.0. The van der Waals surface area contributed by atoms with Crippen LogP contribution in [0.4, 0.5) is 35.0 Å². The van der Waals surface area contributed by atoms with Crippen molar-refractivity contribution in [2.24, 2.45) is 0 Å². The molecule has 6 aliphatic rings. The summed E-state index contributed by atoms with van der Waals surface area (Å²) in [5.74, 6) is -0.799. The topological polar surface area (TPSA) is 824 Å². The Balaban J connectivity index is 0.681. The van der Waals surface area contributed by atoms with Gasteiger partial charge in [-0.05, 0) is 20.3 Å². The number of anilines is 6. The number of ether oxygens (including phenoxy) is 16. The summed E-state index contributed by atoms with van der Waals surface area (Å²) in [7, 11) is -4.54. The number of phosphoric acid groups is 2. The molecule has 0 aromatic carbocycles. The molecule has 0 radical (unpaired) electrons. The molecule has 147 heavy (non-hydrogen) atoms. The van der Waals surface area contributed by atoms with E-state index in [1.54, 1.807) is 13.8 Å². The lowest BCUT2D eigenvalue weighted by Gasteiger charge is -2.37. The van der Waals surface area contributed by atoms with Crippen LogP contribution < -0.4 is 70.9 Å². The monoisotopic (exact) mass is 2220 g/mol. The number of aromatic amines is 1. The Morgan fingerprint density at radius 2 is 0.762 bits per heavy atom. The van der Waals surface area contributed by atoms with Crippen molar-refractivity contribution >= 4 is 151 Å². The van der Waals surface area contributed by atoms with E-state index in [9.17, 15) is 38.4 Å². The number of nitrogens with zero attached hydrogens (tertiary/aromatic N) is 19. The lowest BCUT2D eigenvalue weighted by atomic mass is 10.1. The van der Waals surface area contributed by atoms with Gasteiger partial charge in [-0.1, -0.05) is 30.5 Å². The van der Waals surface area contributed by atoms with Crippen LogP contribution in [0.25, 0.3) is 44.7 Å². The van der Waals surface area contributed by atoms with Crippen molar-refractivity contribution in [3.63, 3.8) is 0 Å². The van der Waals surface area contributed by atoms with Crippen molar-refractivity contribution in [3.8, 4) is 0 Å². The van der Waals surface area contributed by atoms with Crippen molar-refractivity contribution in [2.75, 3.05) is 169 Å². The van der Waals surface area contributed by atoms with Gasteiger partial charge < -0.3 is 192 Å².